The molecule has 2 aromatic carbocycles. The smallest absolute Gasteiger partial charge is 0.200 e. The van der Waals surface area contributed by atoms with Crippen molar-refractivity contribution in [2.24, 2.45) is 5.10 Å². The topological polar surface area (TPSA) is 24.4 Å². The molecule has 0 aliphatic carbocycles. The van der Waals surface area contributed by atoms with Crippen molar-refractivity contribution in [3.63, 3.8) is 0 Å². The molecular formula is C13H6F6N2. The number of halogens is 6. The number of benzene rings is 2. The molecule has 0 amide bonds. The molecule has 0 bridgehead atoms. The summed E-state index contributed by atoms with van der Waals surface area (Å²) in [4.78, 5) is 0. The van der Waals surface area contributed by atoms with E-state index in [2.05, 4.69) is 5.10 Å². The molecule has 110 valence electrons. The average Bonchev–Trinajstić information content (AvgIpc) is 2.47. The minimum atomic E-state index is -2.26. The van der Waals surface area contributed by atoms with Crippen LogP contribution in [-0.2, 0) is 0 Å². The van der Waals surface area contributed by atoms with Gasteiger partial charge in [-0.3, -0.25) is 5.43 Å². The Labute approximate surface area is 114 Å². The van der Waals surface area contributed by atoms with Gasteiger partial charge in [0, 0.05) is 0 Å². The zero-order valence-corrected chi connectivity index (χ0v) is 10.1. The van der Waals surface area contributed by atoms with Crippen molar-refractivity contribution in [1.29, 1.82) is 0 Å². The SMILES string of the molecule is Fc1cccc(/C=N\Nc2c(F)c(F)c(F)c(F)c2F)c1. The van der Waals surface area contributed by atoms with Gasteiger partial charge in [-0.15, -0.1) is 0 Å². The zero-order valence-electron chi connectivity index (χ0n) is 10.1. The number of anilines is 1. The molecule has 2 aromatic rings. The molecule has 0 heterocycles. The van der Waals surface area contributed by atoms with E-state index in [4.69, 9.17) is 0 Å². The summed E-state index contributed by atoms with van der Waals surface area (Å²) in [6.45, 7) is 0. The molecule has 0 fully saturated rings. The first-order valence-corrected chi connectivity index (χ1v) is 5.48. The number of nitrogens with one attached hydrogen (secondary N) is 1. The van der Waals surface area contributed by atoms with E-state index in [1.807, 2.05) is 0 Å². The Bertz CT molecular complexity index is 685. The van der Waals surface area contributed by atoms with Gasteiger partial charge in [0.15, 0.2) is 23.3 Å². The van der Waals surface area contributed by atoms with E-state index < -0.39 is 40.6 Å². The lowest BCUT2D eigenvalue weighted by Crippen LogP contribution is -2.06. The number of hydrogen-bond donors (Lipinski definition) is 1. The second-order valence-electron chi connectivity index (χ2n) is 3.87. The number of hydrazone groups is 1. The van der Waals surface area contributed by atoms with Gasteiger partial charge in [0.1, 0.15) is 11.5 Å². The summed E-state index contributed by atoms with van der Waals surface area (Å²) in [5.41, 5.74) is 0.644. The minimum absolute atomic E-state index is 0.228. The summed E-state index contributed by atoms with van der Waals surface area (Å²) in [7, 11) is 0. The highest BCUT2D eigenvalue weighted by molar-refractivity contribution is 5.80. The molecule has 0 radical (unpaired) electrons. The largest absolute Gasteiger partial charge is 0.272 e. The maximum absolute atomic E-state index is 13.3. The zero-order chi connectivity index (χ0) is 15.6. The van der Waals surface area contributed by atoms with E-state index in [0.29, 0.717) is 0 Å². The standard InChI is InChI=1S/C13H6F6N2/c14-7-3-1-2-6(4-7)5-20-21-13-11(18)9(16)8(15)10(17)12(13)19/h1-5,21H/b20-5-. The van der Waals surface area contributed by atoms with Crippen LogP contribution < -0.4 is 5.43 Å². The summed E-state index contributed by atoms with van der Waals surface area (Å²) in [5, 5.41) is 3.31. The highest BCUT2D eigenvalue weighted by atomic mass is 19.2. The molecule has 2 rings (SSSR count). The normalized spacial score (nSPS) is 11.1. The number of rotatable bonds is 3. The molecule has 0 aliphatic heterocycles. The van der Waals surface area contributed by atoms with Crippen molar-refractivity contribution in [1.82, 2.24) is 0 Å². The molecule has 21 heavy (non-hydrogen) atoms. The van der Waals surface area contributed by atoms with E-state index in [9.17, 15) is 26.3 Å². The Morgan fingerprint density at radius 1 is 0.810 bits per heavy atom. The minimum Gasteiger partial charge on any atom is -0.272 e. The number of nitrogens with zero attached hydrogens (tertiary/aromatic N) is 1. The Morgan fingerprint density at radius 2 is 1.38 bits per heavy atom. The number of hydrogen-bond acceptors (Lipinski definition) is 2. The third-order valence-electron chi connectivity index (χ3n) is 2.45. The van der Waals surface area contributed by atoms with E-state index in [1.165, 1.54) is 12.1 Å². The maximum Gasteiger partial charge on any atom is 0.200 e. The summed E-state index contributed by atoms with van der Waals surface area (Å²) >= 11 is 0. The van der Waals surface area contributed by atoms with Crippen molar-refractivity contribution in [3.8, 4) is 0 Å². The second kappa shape index (κ2) is 5.86. The van der Waals surface area contributed by atoms with Gasteiger partial charge < -0.3 is 0 Å². The van der Waals surface area contributed by atoms with E-state index in [-0.39, 0.29) is 5.56 Å². The highest BCUT2D eigenvalue weighted by Gasteiger charge is 2.25. The van der Waals surface area contributed by atoms with Crippen LogP contribution in [0.2, 0.25) is 0 Å². The lowest BCUT2D eigenvalue weighted by atomic mass is 10.2. The Morgan fingerprint density at radius 3 is 1.95 bits per heavy atom. The van der Waals surface area contributed by atoms with Gasteiger partial charge in [-0.2, -0.15) is 5.10 Å². The summed E-state index contributed by atoms with van der Waals surface area (Å²) in [6.07, 6.45) is 0.959. The lowest BCUT2D eigenvalue weighted by Gasteiger charge is -2.06. The van der Waals surface area contributed by atoms with Gasteiger partial charge >= 0.3 is 0 Å². The van der Waals surface area contributed by atoms with Crippen LogP contribution in [0.3, 0.4) is 0 Å². The fourth-order valence-electron chi connectivity index (χ4n) is 1.46. The van der Waals surface area contributed by atoms with E-state index >= 15 is 0 Å². The molecule has 1 N–H and O–H groups in total. The Hall–Kier alpha value is -2.51. The predicted molar refractivity (Wildman–Crippen MR) is 63.8 cm³/mol. The van der Waals surface area contributed by atoms with Gasteiger partial charge in [-0.25, -0.2) is 26.3 Å². The molecule has 8 heteroatoms. The first kappa shape index (κ1) is 14.9. The van der Waals surface area contributed by atoms with Crippen molar-refractivity contribution in [2.45, 2.75) is 0 Å². The van der Waals surface area contributed by atoms with Crippen LogP contribution in [-0.4, -0.2) is 6.21 Å². The van der Waals surface area contributed by atoms with Gasteiger partial charge in [0.25, 0.3) is 0 Å². The monoisotopic (exact) mass is 304 g/mol. The quantitative estimate of drug-likeness (QED) is 0.300. The third kappa shape index (κ3) is 2.99. The van der Waals surface area contributed by atoms with Gasteiger partial charge in [0.05, 0.1) is 6.21 Å². The first-order chi connectivity index (χ1) is 9.91. The molecule has 0 aliphatic rings. The van der Waals surface area contributed by atoms with Crippen LogP contribution in [0, 0.1) is 34.9 Å². The molecule has 0 unspecified atom stereocenters. The van der Waals surface area contributed by atoms with Crippen LogP contribution in [0.25, 0.3) is 0 Å². The van der Waals surface area contributed by atoms with Crippen LogP contribution in [0.4, 0.5) is 32.0 Å². The summed E-state index contributed by atoms with van der Waals surface area (Å²) in [6, 6.07) is 5.00. The van der Waals surface area contributed by atoms with Crippen LogP contribution in [0.15, 0.2) is 29.4 Å². The predicted octanol–water partition coefficient (Wildman–Crippen LogP) is 3.97. The second-order valence-corrected chi connectivity index (χ2v) is 3.87. The summed E-state index contributed by atoms with van der Waals surface area (Å²) < 4.78 is 78.0. The molecule has 0 aromatic heterocycles. The fourth-order valence-corrected chi connectivity index (χ4v) is 1.46. The van der Waals surface area contributed by atoms with Crippen LogP contribution >= 0.6 is 0 Å². The third-order valence-corrected chi connectivity index (χ3v) is 2.45. The molecule has 0 saturated heterocycles. The van der Waals surface area contributed by atoms with Gasteiger partial charge in [-0.05, 0) is 17.7 Å². The van der Waals surface area contributed by atoms with Crippen LogP contribution in [0.1, 0.15) is 5.56 Å². The first-order valence-electron chi connectivity index (χ1n) is 5.48. The molecule has 0 saturated carbocycles. The molecule has 0 atom stereocenters. The van der Waals surface area contributed by atoms with Crippen molar-refractivity contribution >= 4 is 11.9 Å². The van der Waals surface area contributed by atoms with Crippen molar-refractivity contribution in [3.05, 3.63) is 64.7 Å². The average molecular weight is 304 g/mol. The fraction of sp³-hybridized carbons (Fsp3) is 0. The maximum atomic E-state index is 13.3. The molecule has 2 nitrogen and oxygen atoms in total. The van der Waals surface area contributed by atoms with Gasteiger partial charge in [-0.1, -0.05) is 12.1 Å². The highest BCUT2D eigenvalue weighted by Crippen LogP contribution is 2.26. The van der Waals surface area contributed by atoms with Gasteiger partial charge in [0.2, 0.25) is 5.82 Å². The lowest BCUT2D eigenvalue weighted by molar-refractivity contribution is 0.381. The van der Waals surface area contributed by atoms with Crippen molar-refractivity contribution in [2.75, 3.05) is 5.43 Å². The summed E-state index contributed by atoms with van der Waals surface area (Å²) in [5.74, 6) is -11.1. The van der Waals surface area contributed by atoms with Crippen molar-refractivity contribution < 1.29 is 26.3 Å². The Balaban J connectivity index is 2.29. The molecule has 0 spiro atoms. The molecular weight excluding hydrogens is 298 g/mol. The van der Waals surface area contributed by atoms with Crippen LogP contribution in [0.5, 0.6) is 0 Å². The Kier molecular flexibility index (Phi) is 4.15. The van der Waals surface area contributed by atoms with E-state index in [1.54, 1.807) is 5.43 Å². The van der Waals surface area contributed by atoms with E-state index in [0.717, 1.165) is 18.3 Å².